The van der Waals surface area contributed by atoms with Gasteiger partial charge in [-0.25, -0.2) is 0 Å². The summed E-state index contributed by atoms with van der Waals surface area (Å²) in [7, 11) is -2.14. The summed E-state index contributed by atoms with van der Waals surface area (Å²) in [6.45, 7) is 4.87. The van der Waals surface area contributed by atoms with E-state index in [4.69, 9.17) is 18.7 Å². The van der Waals surface area contributed by atoms with Crippen molar-refractivity contribution in [1.82, 2.24) is 10.1 Å². The van der Waals surface area contributed by atoms with E-state index in [0.717, 1.165) is 0 Å². The predicted molar refractivity (Wildman–Crippen MR) is 54.6 cm³/mol. The van der Waals surface area contributed by atoms with E-state index in [9.17, 15) is 4.57 Å². The van der Waals surface area contributed by atoms with Gasteiger partial charge in [0.05, 0.1) is 52.6 Å². The highest BCUT2D eigenvalue weighted by atomic mass is 31.1. The fourth-order valence-electron chi connectivity index (χ4n) is 1.46. The third-order valence-corrected chi connectivity index (χ3v) is 3.03. The lowest BCUT2D eigenvalue weighted by Crippen LogP contribution is -2.37. The van der Waals surface area contributed by atoms with Crippen molar-refractivity contribution >= 4 is 8.25 Å². The molecule has 2 saturated heterocycles. The number of nitrogens with zero attached hydrogens (tertiary/aromatic N) is 2. The standard InChI is InChI=1S/C8H16N2O5P/c11-16(14-9-1-5-12-6-2-9)15-10-3-7-13-8-4-10/h1-8H2/q+1. The first kappa shape index (κ1) is 12.3. The molecular weight excluding hydrogens is 235 g/mol. The molecule has 0 aliphatic carbocycles. The second-order valence-corrected chi connectivity index (χ2v) is 4.24. The van der Waals surface area contributed by atoms with Crippen LogP contribution in [0.5, 0.6) is 0 Å². The number of ether oxygens (including phenoxy) is 2. The maximum absolute atomic E-state index is 11.5. The molecule has 0 radical (unpaired) electrons. The van der Waals surface area contributed by atoms with Crippen LogP contribution in [0.2, 0.25) is 0 Å². The molecule has 2 aliphatic rings. The molecule has 2 rings (SSSR count). The Kier molecular flexibility index (Phi) is 5.05. The van der Waals surface area contributed by atoms with Crippen LogP contribution in [0.1, 0.15) is 0 Å². The molecule has 0 N–H and O–H groups in total. The summed E-state index contributed by atoms with van der Waals surface area (Å²) in [5.74, 6) is 0. The monoisotopic (exact) mass is 251 g/mol. The molecule has 0 aromatic carbocycles. The molecular formula is C8H16N2O5P+. The van der Waals surface area contributed by atoms with E-state index in [1.165, 1.54) is 0 Å². The molecule has 2 fully saturated rings. The summed E-state index contributed by atoms with van der Waals surface area (Å²) >= 11 is 0. The predicted octanol–water partition coefficient (Wildman–Crippen LogP) is 0.171. The van der Waals surface area contributed by atoms with Crippen LogP contribution in [0.15, 0.2) is 0 Å². The van der Waals surface area contributed by atoms with Crippen molar-refractivity contribution in [3.05, 3.63) is 0 Å². The van der Waals surface area contributed by atoms with Gasteiger partial charge in [-0.3, -0.25) is 0 Å². The van der Waals surface area contributed by atoms with E-state index in [1.54, 1.807) is 10.1 Å². The normalized spacial score (nSPS) is 24.5. The summed E-state index contributed by atoms with van der Waals surface area (Å²) in [5.41, 5.74) is 0. The van der Waals surface area contributed by atoms with Gasteiger partial charge in [0.25, 0.3) is 0 Å². The largest absolute Gasteiger partial charge is 0.735 e. The zero-order chi connectivity index (χ0) is 11.2. The molecule has 0 aromatic rings. The van der Waals surface area contributed by atoms with Gasteiger partial charge in [0.1, 0.15) is 0 Å². The summed E-state index contributed by atoms with van der Waals surface area (Å²) < 4.78 is 32.1. The molecule has 0 amide bonds. The topological polar surface area (TPSA) is 60.5 Å². The molecule has 8 heteroatoms. The Labute approximate surface area is 95.0 Å². The lowest BCUT2D eigenvalue weighted by molar-refractivity contribution is -0.159. The Morgan fingerprint density at radius 3 is 1.56 bits per heavy atom. The van der Waals surface area contributed by atoms with E-state index in [1.807, 2.05) is 0 Å². The number of morpholine rings is 2. The van der Waals surface area contributed by atoms with Crippen LogP contribution in [-0.4, -0.2) is 62.7 Å². The van der Waals surface area contributed by atoms with Gasteiger partial charge in [-0.1, -0.05) is 0 Å². The van der Waals surface area contributed by atoms with Crippen molar-refractivity contribution in [2.24, 2.45) is 0 Å². The minimum atomic E-state index is -2.14. The highest BCUT2D eigenvalue weighted by Crippen LogP contribution is 2.27. The summed E-state index contributed by atoms with van der Waals surface area (Å²) in [6.07, 6.45) is 0. The van der Waals surface area contributed by atoms with Gasteiger partial charge >= 0.3 is 8.25 Å². The van der Waals surface area contributed by atoms with Crippen LogP contribution in [-0.2, 0) is 23.3 Å². The molecule has 0 bridgehead atoms. The molecule has 92 valence electrons. The average Bonchev–Trinajstić information content (AvgIpc) is 2.31. The SMILES string of the molecule is O=[P+](ON1CCOCC1)ON1CCOCC1. The molecule has 16 heavy (non-hydrogen) atoms. The van der Waals surface area contributed by atoms with Gasteiger partial charge in [0.15, 0.2) is 0 Å². The first-order chi connectivity index (χ1) is 7.84. The van der Waals surface area contributed by atoms with Crippen LogP contribution < -0.4 is 0 Å². The summed E-state index contributed by atoms with van der Waals surface area (Å²) in [5, 5.41) is 3.23. The van der Waals surface area contributed by atoms with Crippen LogP contribution in [0.4, 0.5) is 0 Å². The van der Waals surface area contributed by atoms with E-state index in [0.29, 0.717) is 52.6 Å². The van der Waals surface area contributed by atoms with Crippen molar-refractivity contribution in [3.63, 3.8) is 0 Å². The van der Waals surface area contributed by atoms with Gasteiger partial charge in [-0.2, -0.15) is 0 Å². The molecule has 2 aliphatic heterocycles. The average molecular weight is 251 g/mol. The fraction of sp³-hybridized carbons (Fsp3) is 1.00. The third-order valence-electron chi connectivity index (χ3n) is 2.30. The quantitative estimate of drug-likeness (QED) is 0.660. The van der Waals surface area contributed by atoms with E-state index in [-0.39, 0.29) is 0 Å². The summed E-state index contributed by atoms with van der Waals surface area (Å²) in [4.78, 5) is 0. The van der Waals surface area contributed by atoms with Gasteiger partial charge in [-0.05, 0) is 9.25 Å². The number of hydrogen-bond acceptors (Lipinski definition) is 7. The fourth-order valence-corrected chi connectivity index (χ4v) is 2.19. The number of hydrogen-bond donors (Lipinski definition) is 0. The Bertz CT molecular complexity index is 208. The van der Waals surface area contributed by atoms with Gasteiger partial charge in [0.2, 0.25) is 0 Å². The number of hydroxylamine groups is 4. The van der Waals surface area contributed by atoms with Gasteiger partial charge < -0.3 is 9.47 Å². The van der Waals surface area contributed by atoms with Crippen LogP contribution in [0.3, 0.4) is 0 Å². The van der Waals surface area contributed by atoms with E-state index >= 15 is 0 Å². The van der Waals surface area contributed by atoms with Crippen molar-refractivity contribution in [3.8, 4) is 0 Å². The van der Waals surface area contributed by atoms with E-state index < -0.39 is 8.25 Å². The lowest BCUT2D eigenvalue weighted by atomic mass is 10.5. The minimum Gasteiger partial charge on any atom is -0.379 e. The Balaban J connectivity index is 1.66. The molecule has 0 unspecified atom stereocenters. The highest BCUT2D eigenvalue weighted by molar-refractivity contribution is 7.33. The van der Waals surface area contributed by atoms with Crippen molar-refractivity contribution in [1.29, 1.82) is 0 Å². The van der Waals surface area contributed by atoms with Gasteiger partial charge in [-0.15, -0.1) is 10.1 Å². The molecule has 2 heterocycles. The third kappa shape index (κ3) is 4.03. The van der Waals surface area contributed by atoms with Crippen LogP contribution in [0.25, 0.3) is 0 Å². The number of rotatable bonds is 4. The van der Waals surface area contributed by atoms with E-state index in [2.05, 4.69) is 0 Å². The first-order valence-corrected chi connectivity index (χ1v) is 6.43. The van der Waals surface area contributed by atoms with Crippen molar-refractivity contribution < 1.29 is 23.3 Å². The second kappa shape index (κ2) is 6.56. The molecule has 0 aromatic heterocycles. The van der Waals surface area contributed by atoms with Crippen LogP contribution >= 0.6 is 8.25 Å². The first-order valence-electron chi connectivity index (χ1n) is 5.33. The Morgan fingerprint density at radius 1 is 0.812 bits per heavy atom. The zero-order valence-corrected chi connectivity index (χ0v) is 9.93. The van der Waals surface area contributed by atoms with Crippen molar-refractivity contribution in [2.75, 3.05) is 52.6 Å². The van der Waals surface area contributed by atoms with Crippen LogP contribution in [0, 0.1) is 0 Å². The summed E-state index contributed by atoms with van der Waals surface area (Å²) in [6, 6.07) is 0. The van der Waals surface area contributed by atoms with Gasteiger partial charge in [0, 0.05) is 4.57 Å². The molecule has 0 spiro atoms. The lowest BCUT2D eigenvalue weighted by Gasteiger charge is -2.21. The highest BCUT2D eigenvalue weighted by Gasteiger charge is 2.32. The molecule has 7 nitrogen and oxygen atoms in total. The zero-order valence-electron chi connectivity index (χ0n) is 9.04. The Hall–Kier alpha value is -0.140. The molecule has 0 saturated carbocycles. The maximum atomic E-state index is 11.5. The minimum absolute atomic E-state index is 0.598. The Morgan fingerprint density at radius 2 is 1.19 bits per heavy atom. The maximum Gasteiger partial charge on any atom is 0.735 e. The molecule has 0 atom stereocenters. The van der Waals surface area contributed by atoms with Crippen molar-refractivity contribution in [2.45, 2.75) is 0 Å². The smallest absolute Gasteiger partial charge is 0.379 e. The second-order valence-electron chi connectivity index (χ2n) is 3.47.